The van der Waals surface area contributed by atoms with E-state index >= 15 is 0 Å². The molecule has 0 fully saturated rings. The van der Waals surface area contributed by atoms with Gasteiger partial charge in [0.25, 0.3) is 5.91 Å². The normalized spacial score (nSPS) is 11.9. The van der Waals surface area contributed by atoms with E-state index in [1.54, 1.807) is 0 Å². The van der Waals surface area contributed by atoms with Gasteiger partial charge >= 0.3 is 5.97 Å². The summed E-state index contributed by atoms with van der Waals surface area (Å²) in [5, 5.41) is 11.1. The molecule has 1 rings (SSSR count). The number of benzene rings is 1. The fourth-order valence-corrected chi connectivity index (χ4v) is 1.50. The highest BCUT2D eigenvalue weighted by molar-refractivity contribution is 5.98. The molecule has 0 aromatic heterocycles. The molecule has 1 atom stereocenters. The minimum Gasteiger partial charge on any atom is -0.480 e. The number of hydrogen-bond donors (Lipinski definition) is 2. The van der Waals surface area contributed by atoms with E-state index in [0.717, 1.165) is 11.1 Å². The molecule has 0 aliphatic rings. The third-order valence-corrected chi connectivity index (χ3v) is 2.43. The van der Waals surface area contributed by atoms with Gasteiger partial charge in [-0.1, -0.05) is 18.2 Å². The van der Waals surface area contributed by atoms with Gasteiger partial charge in [0.15, 0.2) is 0 Å². The lowest BCUT2D eigenvalue weighted by Crippen LogP contribution is -2.38. The summed E-state index contributed by atoms with van der Waals surface area (Å²) in [6.07, 6.45) is 0. The number of carboxylic acid groups (broad SMARTS) is 1. The molecular weight excluding hydrogens is 206 g/mol. The molecule has 1 amide bonds. The number of carbonyl (C=O) groups excluding carboxylic acids is 1. The van der Waals surface area contributed by atoms with Crippen LogP contribution in [0.15, 0.2) is 18.2 Å². The van der Waals surface area contributed by atoms with Crippen molar-refractivity contribution in [3.63, 3.8) is 0 Å². The zero-order valence-electron chi connectivity index (χ0n) is 9.57. The molecule has 2 N–H and O–H groups in total. The van der Waals surface area contributed by atoms with E-state index in [0.29, 0.717) is 5.56 Å². The molecule has 1 aromatic rings. The highest BCUT2D eigenvalue weighted by Gasteiger charge is 2.17. The Bertz CT molecular complexity index is 406. The maximum atomic E-state index is 11.8. The largest absolute Gasteiger partial charge is 0.480 e. The molecule has 0 saturated carbocycles. The third-order valence-electron chi connectivity index (χ3n) is 2.43. The second-order valence-electron chi connectivity index (χ2n) is 3.80. The first-order valence-corrected chi connectivity index (χ1v) is 5.03. The fourth-order valence-electron chi connectivity index (χ4n) is 1.50. The van der Waals surface area contributed by atoms with Crippen molar-refractivity contribution in [3.8, 4) is 0 Å². The van der Waals surface area contributed by atoms with Crippen molar-refractivity contribution in [1.82, 2.24) is 5.32 Å². The Kier molecular flexibility index (Phi) is 3.66. The number of amides is 1. The van der Waals surface area contributed by atoms with Crippen LogP contribution in [-0.2, 0) is 4.79 Å². The predicted molar refractivity (Wildman–Crippen MR) is 60.5 cm³/mol. The Morgan fingerprint density at radius 3 is 2.19 bits per heavy atom. The standard InChI is InChI=1S/C12H15NO3/c1-7-5-4-6-8(2)10(7)11(14)13-9(3)12(15)16/h4-6,9H,1-3H3,(H,13,14)(H,15,16)/t9-/m0/s1. The topological polar surface area (TPSA) is 66.4 Å². The smallest absolute Gasteiger partial charge is 0.325 e. The molecule has 4 heteroatoms. The summed E-state index contributed by atoms with van der Waals surface area (Å²) in [6, 6.07) is 4.63. The summed E-state index contributed by atoms with van der Waals surface area (Å²) < 4.78 is 0. The number of carboxylic acids is 1. The Morgan fingerprint density at radius 1 is 1.25 bits per heavy atom. The lowest BCUT2D eigenvalue weighted by molar-refractivity contribution is -0.138. The van der Waals surface area contributed by atoms with Crippen LogP contribution in [0.3, 0.4) is 0 Å². The van der Waals surface area contributed by atoms with Crippen molar-refractivity contribution in [1.29, 1.82) is 0 Å². The molecule has 0 aliphatic heterocycles. The van der Waals surface area contributed by atoms with E-state index in [1.807, 2.05) is 32.0 Å². The van der Waals surface area contributed by atoms with Gasteiger partial charge in [-0.2, -0.15) is 0 Å². The van der Waals surface area contributed by atoms with Gasteiger partial charge in [0.05, 0.1) is 0 Å². The Balaban J connectivity index is 2.93. The quantitative estimate of drug-likeness (QED) is 0.813. The highest BCUT2D eigenvalue weighted by Crippen LogP contribution is 2.13. The number of carbonyl (C=O) groups is 2. The molecule has 86 valence electrons. The molecule has 0 spiro atoms. The van der Waals surface area contributed by atoms with Crippen molar-refractivity contribution in [2.24, 2.45) is 0 Å². The molecule has 0 unspecified atom stereocenters. The third kappa shape index (κ3) is 2.59. The average molecular weight is 221 g/mol. The van der Waals surface area contributed by atoms with Crippen LogP contribution in [0.2, 0.25) is 0 Å². The highest BCUT2D eigenvalue weighted by atomic mass is 16.4. The average Bonchev–Trinajstić information content (AvgIpc) is 2.16. The molecule has 0 bridgehead atoms. The number of aliphatic carboxylic acids is 1. The zero-order valence-corrected chi connectivity index (χ0v) is 9.57. The van der Waals surface area contributed by atoms with Crippen molar-refractivity contribution >= 4 is 11.9 Å². The van der Waals surface area contributed by atoms with Gasteiger partial charge in [-0.05, 0) is 31.9 Å². The summed E-state index contributed by atoms with van der Waals surface area (Å²) in [7, 11) is 0. The molecule has 0 saturated heterocycles. The SMILES string of the molecule is Cc1cccc(C)c1C(=O)N[C@@H](C)C(=O)O. The number of aryl methyl sites for hydroxylation is 2. The van der Waals surface area contributed by atoms with Crippen LogP contribution in [0.4, 0.5) is 0 Å². The van der Waals surface area contributed by atoms with Gasteiger partial charge < -0.3 is 10.4 Å². The van der Waals surface area contributed by atoms with Gasteiger partial charge in [-0.15, -0.1) is 0 Å². The summed E-state index contributed by atoms with van der Waals surface area (Å²) in [4.78, 5) is 22.4. The van der Waals surface area contributed by atoms with E-state index in [2.05, 4.69) is 5.32 Å². The summed E-state index contributed by atoms with van der Waals surface area (Å²) in [6.45, 7) is 5.09. The van der Waals surface area contributed by atoms with Gasteiger partial charge in [-0.3, -0.25) is 9.59 Å². The predicted octanol–water partition coefficient (Wildman–Crippen LogP) is 1.51. The van der Waals surface area contributed by atoms with E-state index in [1.165, 1.54) is 6.92 Å². The molecule has 0 aliphatic carbocycles. The van der Waals surface area contributed by atoms with Crippen LogP contribution in [0.25, 0.3) is 0 Å². The van der Waals surface area contributed by atoms with Gasteiger partial charge in [0.2, 0.25) is 0 Å². The van der Waals surface area contributed by atoms with E-state index in [9.17, 15) is 9.59 Å². The number of hydrogen-bond acceptors (Lipinski definition) is 2. The van der Waals surface area contributed by atoms with E-state index in [4.69, 9.17) is 5.11 Å². The molecule has 0 radical (unpaired) electrons. The van der Waals surface area contributed by atoms with Crippen LogP contribution in [0.5, 0.6) is 0 Å². The minimum absolute atomic E-state index is 0.342. The second kappa shape index (κ2) is 4.79. The monoisotopic (exact) mass is 221 g/mol. The molecule has 4 nitrogen and oxygen atoms in total. The van der Waals surface area contributed by atoms with Crippen molar-refractivity contribution in [2.45, 2.75) is 26.8 Å². The van der Waals surface area contributed by atoms with Gasteiger partial charge in [0, 0.05) is 5.56 Å². The van der Waals surface area contributed by atoms with Crippen LogP contribution >= 0.6 is 0 Å². The van der Waals surface area contributed by atoms with Crippen LogP contribution in [0.1, 0.15) is 28.4 Å². The van der Waals surface area contributed by atoms with Crippen molar-refractivity contribution < 1.29 is 14.7 Å². The minimum atomic E-state index is -1.04. The van der Waals surface area contributed by atoms with Crippen molar-refractivity contribution in [2.75, 3.05) is 0 Å². The summed E-state index contributed by atoms with van der Waals surface area (Å²) >= 11 is 0. The van der Waals surface area contributed by atoms with E-state index in [-0.39, 0.29) is 5.91 Å². The van der Waals surface area contributed by atoms with Crippen LogP contribution in [0, 0.1) is 13.8 Å². The fraction of sp³-hybridized carbons (Fsp3) is 0.333. The first-order chi connectivity index (χ1) is 7.43. The molecule has 16 heavy (non-hydrogen) atoms. The van der Waals surface area contributed by atoms with Gasteiger partial charge in [-0.25, -0.2) is 0 Å². The number of nitrogens with one attached hydrogen (secondary N) is 1. The number of rotatable bonds is 3. The zero-order chi connectivity index (χ0) is 12.3. The Labute approximate surface area is 94.3 Å². The molecule has 0 heterocycles. The molecule has 1 aromatic carbocycles. The lowest BCUT2D eigenvalue weighted by Gasteiger charge is -2.12. The second-order valence-corrected chi connectivity index (χ2v) is 3.80. The Hall–Kier alpha value is -1.84. The molecular formula is C12H15NO3. The van der Waals surface area contributed by atoms with Crippen LogP contribution in [-0.4, -0.2) is 23.0 Å². The first kappa shape index (κ1) is 12.2. The van der Waals surface area contributed by atoms with Crippen molar-refractivity contribution in [3.05, 3.63) is 34.9 Å². The maximum absolute atomic E-state index is 11.8. The lowest BCUT2D eigenvalue weighted by atomic mass is 10.0. The first-order valence-electron chi connectivity index (χ1n) is 5.03. The van der Waals surface area contributed by atoms with Gasteiger partial charge in [0.1, 0.15) is 6.04 Å². The summed E-state index contributed by atoms with van der Waals surface area (Å²) in [5.41, 5.74) is 2.24. The Morgan fingerprint density at radius 2 is 1.75 bits per heavy atom. The van der Waals surface area contributed by atoms with E-state index < -0.39 is 12.0 Å². The van der Waals surface area contributed by atoms with Crippen LogP contribution < -0.4 is 5.32 Å². The summed E-state index contributed by atoms with van der Waals surface area (Å²) in [5.74, 6) is -1.38. The maximum Gasteiger partial charge on any atom is 0.325 e.